The minimum atomic E-state index is -0.573. The first-order valence-electron chi connectivity index (χ1n) is 10.1. The van der Waals surface area contributed by atoms with Gasteiger partial charge in [0.05, 0.1) is 12.1 Å². The van der Waals surface area contributed by atoms with Gasteiger partial charge in [0.25, 0.3) is 0 Å². The molecule has 4 rings (SSSR count). The molecular weight excluding hydrogens is 452 g/mol. The van der Waals surface area contributed by atoms with Gasteiger partial charge in [0, 0.05) is 35.2 Å². The molecule has 1 amide bonds. The zero-order valence-electron chi connectivity index (χ0n) is 16.5. The van der Waals surface area contributed by atoms with E-state index in [1.54, 1.807) is 0 Å². The van der Waals surface area contributed by atoms with Crippen LogP contribution >= 0.6 is 27.5 Å². The van der Waals surface area contributed by atoms with E-state index in [1.807, 2.05) is 41.3 Å². The number of carbonyl (C=O) groups excluding carboxylic acids is 1. The molecule has 4 atom stereocenters. The number of carbonyl (C=O) groups is 1. The predicted molar refractivity (Wildman–Crippen MR) is 119 cm³/mol. The molecule has 2 saturated heterocycles. The summed E-state index contributed by atoms with van der Waals surface area (Å²) in [6.45, 7) is 3.60. The lowest BCUT2D eigenvalue weighted by atomic mass is 9.82. The minimum Gasteiger partial charge on any atom is -0.390 e. The van der Waals surface area contributed by atoms with Gasteiger partial charge in [0.1, 0.15) is 0 Å². The quantitative estimate of drug-likeness (QED) is 0.700. The maximum Gasteiger partial charge on any atom is 0.240 e. The average Bonchev–Trinajstić information content (AvgIpc) is 2.80. The van der Waals surface area contributed by atoms with E-state index in [-0.39, 0.29) is 18.0 Å². The fourth-order valence-corrected chi connectivity index (χ4v) is 5.33. The summed E-state index contributed by atoms with van der Waals surface area (Å²) in [5.41, 5.74) is 2.22. The second-order valence-electron chi connectivity index (χ2n) is 8.27. The first kappa shape index (κ1) is 20.9. The van der Waals surface area contributed by atoms with Crippen LogP contribution in [0.4, 0.5) is 0 Å². The Morgan fingerprint density at radius 1 is 1.14 bits per heavy atom. The van der Waals surface area contributed by atoms with E-state index in [1.165, 1.54) is 5.56 Å². The molecule has 0 radical (unpaired) electrons. The molecule has 2 aromatic carbocycles. The van der Waals surface area contributed by atoms with Crippen molar-refractivity contribution in [1.82, 2.24) is 9.80 Å². The Hall–Kier alpha value is -1.40. The molecule has 154 valence electrons. The molecule has 2 aromatic rings. The van der Waals surface area contributed by atoms with Gasteiger partial charge in [0.2, 0.25) is 5.91 Å². The van der Waals surface area contributed by atoms with Crippen LogP contribution in [-0.2, 0) is 11.3 Å². The van der Waals surface area contributed by atoms with Crippen molar-refractivity contribution >= 4 is 33.4 Å². The summed E-state index contributed by atoms with van der Waals surface area (Å²) in [5.74, 6) is 0.534. The van der Waals surface area contributed by atoms with E-state index < -0.39 is 6.10 Å². The fourth-order valence-electron chi connectivity index (χ4n) is 4.79. The first-order chi connectivity index (χ1) is 13.9. The Balaban J connectivity index is 1.62. The van der Waals surface area contributed by atoms with Crippen molar-refractivity contribution in [2.45, 2.75) is 44.5 Å². The molecule has 2 aliphatic heterocycles. The molecule has 0 unspecified atom stereocenters. The van der Waals surface area contributed by atoms with Gasteiger partial charge in [-0.25, -0.2) is 0 Å². The van der Waals surface area contributed by atoms with Gasteiger partial charge >= 0.3 is 0 Å². The van der Waals surface area contributed by atoms with E-state index in [0.29, 0.717) is 30.6 Å². The van der Waals surface area contributed by atoms with Crippen molar-refractivity contribution < 1.29 is 9.90 Å². The van der Waals surface area contributed by atoms with Gasteiger partial charge in [0.15, 0.2) is 0 Å². The fraction of sp³-hybridized carbons (Fsp3) is 0.435. The van der Waals surface area contributed by atoms with Gasteiger partial charge in [-0.2, -0.15) is 0 Å². The van der Waals surface area contributed by atoms with E-state index in [0.717, 1.165) is 22.9 Å². The van der Waals surface area contributed by atoms with Crippen LogP contribution in [0.1, 0.15) is 36.9 Å². The maximum absolute atomic E-state index is 13.5. The van der Waals surface area contributed by atoms with Crippen LogP contribution in [0.5, 0.6) is 0 Å². The SMILES string of the molecule is C[C@@H]1CC[C@H]2C(=O)N(Cc3ccc(Cl)cc3)C[C@@H](O)CN2[C@H]1c1cccc(Br)c1. The Morgan fingerprint density at radius 3 is 2.62 bits per heavy atom. The molecule has 2 heterocycles. The van der Waals surface area contributed by atoms with E-state index in [2.05, 4.69) is 39.9 Å². The summed E-state index contributed by atoms with van der Waals surface area (Å²) in [6.07, 6.45) is 1.25. The number of piperidine rings is 1. The van der Waals surface area contributed by atoms with Gasteiger partial charge in [-0.05, 0) is 54.2 Å². The highest BCUT2D eigenvalue weighted by atomic mass is 79.9. The van der Waals surface area contributed by atoms with Crippen LogP contribution in [0.25, 0.3) is 0 Å². The second kappa shape index (κ2) is 8.76. The molecule has 2 fully saturated rings. The maximum atomic E-state index is 13.5. The van der Waals surface area contributed by atoms with Crippen LogP contribution in [0, 0.1) is 5.92 Å². The topological polar surface area (TPSA) is 43.8 Å². The number of aliphatic hydroxyl groups is 1. The van der Waals surface area contributed by atoms with E-state index in [9.17, 15) is 9.90 Å². The standard InChI is InChI=1S/C23H26BrClN2O2/c1-15-5-10-21-23(29)26(12-16-6-8-19(25)9-7-16)13-20(28)14-27(21)22(15)17-3-2-4-18(24)11-17/h2-4,6-9,11,15,20-22,28H,5,10,12-14H2,1H3/t15-,20-,21+,22-/m1/s1. The molecule has 0 spiro atoms. The number of rotatable bonds is 3. The van der Waals surface area contributed by atoms with Crippen LogP contribution in [0.2, 0.25) is 5.02 Å². The Bertz CT molecular complexity index is 875. The number of aliphatic hydroxyl groups excluding tert-OH is 1. The first-order valence-corrected chi connectivity index (χ1v) is 11.3. The minimum absolute atomic E-state index is 0.114. The van der Waals surface area contributed by atoms with Crippen LogP contribution < -0.4 is 0 Å². The van der Waals surface area contributed by atoms with Crippen molar-refractivity contribution in [2.24, 2.45) is 5.92 Å². The summed E-state index contributed by atoms with van der Waals surface area (Å²) in [4.78, 5) is 17.5. The molecule has 2 aliphatic rings. The second-order valence-corrected chi connectivity index (χ2v) is 9.62. The van der Waals surface area contributed by atoms with Crippen molar-refractivity contribution in [3.05, 3.63) is 69.2 Å². The molecule has 29 heavy (non-hydrogen) atoms. The monoisotopic (exact) mass is 476 g/mol. The Morgan fingerprint density at radius 2 is 1.90 bits per heavy atom. The number of nitrogens with zero attached hydrogens (tertiary/aromatic N) is 2. The van der Waals surface area contributed by atoms with Gasteiger partial charge in [-0.3, -0.25) is 9.69 Å². The molecule has 0 aromatic heterocycles. The molecule has 4 nitrogen and oxygen atoms in total. The highest BCUT2D eigenvalue weighted by molar-refractivity contribution is 9.10. The molecule has 1 N–H and O–H groups in total. The summed E-state index contributed by atoms with van der Waals surface area (Å²) in [5, 5.41) is 11.5. The lowest BCUT2D eigenvalue weighted by Crippen LogP contribution is -2.51. The third-order valence-electron chi connectivity index (χ3n) is 6.12. The van der Waals surface area contributed by atoms with Crippen molar-refractivity contribution in [3.63, 3.8) is 0 Å². The average molecular weight is 478 g/mol. The number of amides is 1. The molecule has 6 heteroatoms. The number of benzene rings is 2. The summed E-state index contributed by atoms with van der Waals surface area (Å²) in [7, 11) is 0. The highest BCUT2D eigenvalue weighted by Gasteiger charge is 2.44. The van der Waals surface area contributed by atoms with Crippen LogP contribution in [-0.4, -0.2) is 46.0 Å². The lowest BCUT2D eigenvalue weighted by molar-refractivity contribution is -0.139. The number of fused-ring (bicyclic) bond motifs is 1. The lowest BCUT2D eigenvalue weighted by Gasteiger charge is -2.44. The number of halogens is 2. The van der Waals surface area contributed by atoms with Gasteiger partial charge < -0.3 is 10.0 Å². The Labute approximate surface area is 185 Å². The molecular formula is C23H26BrClN2O2. The zero-order chi connectivity index (χ0) is 20.5. The third kappa shape index (κ3) is 4.53. The smallest absolute Gasteiger partial charge is 0.240 e. The Kier molecular flexibility index (Phi) is 6.30. The van der Waals surface area contributed by atoms with Crippen molar-refractivity contribution in [2.75, 3.05) is 13.1 Å². The van der Waals surface area contributed by atoms with E-state index >= 15 is 0 Å². The van der Waals surface area contributed by atoms with E-state index in [4.69, 9.17) is 11.6 Å². The zero-order valence-corrected chi connectivity index (χ0v) is 18.8. The summed E-state index contributed by atoms with van der Waals surface area (Å²) in [6, 6.07) is 15.8. The normalized spacial score (nSPS) is 28.1. The summed E-state index contributed by atoms with van der Waals surface area (Å²) < 4.78 is 1.04. The largest absolute Gasteiger partial charge is 0.390 e. The number of β-amino-alcohol motifs (C(OH)–C–C–N with tert-alkyl or cyclic N) is 1. The molecule has 0 bridgehead atoms. The van der Waals surface area contributed by atoms with Crippen LogP contribution in [0.15, 0.2) is 53.0 Å². The number of hydrogen-bond donors (Lipinski definition) is 1. The third-order valence-corrected chi connectivity index (χ3v) is 6.86. The van der Waals surface area contributed by atoms with Gasteiger partial charge in [-0.1, -0.05) is 58.7 Å². The molecule has 0 saturated carbocycles. The van der Waals surface area contributed by atoms with Crippen molar-refractivity contribution in [3.8, 4) is 0 Å². The van der Waals surface area contributed by atoms with Crippen molar-refractivity contribution in [1.29, 1.82) is 0 Å². The summed E-state index contributed by atoms with van der Waals surface area (Å²) >= 11 is 9.57. The number of hydrogen-bond acceptors (Lipinski definition) is 3. The van der Waals surface area contributed by atoms with Crippen LogP contribution in [0.3, 0.4) is 0 Å². The molecule has 0 aliphatic carbocycles. The van der Waals surface area contributed by atoms with Gasteiger partial charge in [-0.15, -0.1) is 0 Å². The predicted octanol–water partition coefficient (Wildman–Crippen LogP) is 4.65. The highest BCUT2D eigenvalue weighted by Crippen LogP contribution is 2.41.